The molecule has 28 heavy (non-hydrogen) atoms. The van der Waals surface area contributed by atoms with Crippen molar-refractivity contribution in [2.24, 2.45) is 0 Å². The maximum absolute atomic E-state index is 13.4. The van der Waals surface area contributed by atoms with E-state index in [0.717, 1.165) is 38.3 Å². The van der Waals surface area contributed by atoms with Crippen molar-refractivity contribution in [1.29, 1.82) is 0 Å². The van der Waals surface area contributed by atoms with Gasteiger partial charge in [0, 0.05) is 26.6 Å². The number of para-hydroxylation sites is 2. The van der Waals surface area contributed by atoms with E-state index in [9.17, 15) is 4.79 Å². The summed E-state index contributed by atoms with van der Waals surface area (Å²) in [5.41, 5.74) is 4.32. The molecule has 0 atom stereocenters. The number of aromatic nitrogens is 2. The van der Waals surface area contributed by atoms with Crippen LogP contribution in [0, 0.1) is 0 Å². The normalized spacial score (nSPS) is 11.9. The number of halogens is 1. The molecule has 132 valence electrons. The van der Waals surface area contributed by atoms with Gasteiger partial charge in [0.05, 0.1) is 11.0 Å². The van der Waals surface area contributed by atoms with E-state index in [1.165, 1.54) is 0 Å². The Labute approximate surface area is 164 Å². The SMILES string of the molecule is O=c1c2ccc(-c3ccccc3)c3c(Cl)ccc(c32)c2nc3ccccc3n12. The number of hydrogen-bond acceptors (Lipinski definition) is 2. The van der Waals surface area contributed by atoms with Crippen molar-refractivity contribution in [2.75, 3.05) is 0 Å². The van der Waals surface area contributed by atoms with Crippen LogP contribution in [0.4, 0.5) is 0 Å². The monoisotopic (exact) mass is 380 g/mol. The molecule has 0 aliphatic heterocycles. The number of fused-ring (bicyclic) bond motifs is 4. The summed E-state index contributed by atoms with van der Waals surface area (Å²) >= 11 is 6.65. The Bertz CT molecular complexity index is 1590. The minimum atomic E-state index is -0.0666. The van der Waals surface area contributed by atoms with E-state index in [2.05, 4.69) is 12.1 Å². The highest BCUT2D eigenvalue weighted by Gasteiger charge is 2.19. The van der Waals surface area contributed by atoms with E-state index < -0.39 is 0 Å². The number of hydrogen-bond donors (Lipinski definition) is 0. The molecule has 0 N–H and O–H groups in total. The molecule has 2 heterocycles. The van der Waals surface area contributed by atoms with Crippen LogP contribution in [0.5, 0.6) is 0 Å². The lowest BCUT2D eigenvalue weighted by molar-refractivity contribution is 1.19. The number of rotatable bonds is 1. The van der Waals surface area contributed by atoms with Gasteiger partial charge in [-0.2, -0.15) is 0 Å². The topological polar surface area (TPSA) is 34.4 Å². The van der Waals surface area contributed by atoms with E-state index in [-0.39, 0.29) is 5.56 Å². The summed E-state index contributed by atoms with van der Waals surface area (Å²) < 4.78 is 1.71. The van der Waals surface area contributed by atoms with Gasteiger partial charge in [0.1, 0.15) is 5.65 Å². The zero-order valence-electron chi connectivity index (χ0n) is 14.7. The second-order valence-electron chi connectivity index (χ2n) is 6.94. The lowest BCUT2D eigenvalue weighted by Crippen LogP contribution is -2.13. The predicted octanol–water partition coefficient (Wildman–Crippen LogP) is 5.91. The van der Waals surface area contributed by atoms with E-state index in [1.807, 2.05) is 66.7 Å². The molecule has 0 bridgehead atoms. The molecule has 3 nitrogen and oxygen atoms in total. The highest BCUT2D eigenvalue weighted by Crippen LogP contribution is 2.39. The third kappa shape index (κ3) is 1.94. The Morgan fingerprint density at radius 3 is 2.36 bits per heavy atom. The molecule has 6 rings (SSSR count). The van der Waals surface area contributed by atoms with Gasteiger partial charge in [-0.1, -0.05) is 60.1 Å². The number of pyridine rings is 1. The first-order valence-electron chi connectivity index (χ1n) is 9.07. The standard InChI is InChI=1S/C24H13ClN2O/c25-18-13-12-16-21-17(11-10-15(22(18)21)14-6-2-1-3-7-14)24(28)27-20-9-5-4-8-19(20)26-23(16)27/h1-13H. The molecular formula is C24H13ClN2O. The van der Waals surface area contributed by atoms with Crippen LogP contribution in [0.2, 0.25) is 5.02 Å². The van der Waals surface area contributed by atoms with Gasteiger partial charge in [-0.05, 0) is 41.5 Å². The lowest BCUT2D eigenvalue weighted by Gasteiger charge is -2.13. The molecule has 0 spiro atoms. The Balaban J connectivity index is 1.91. The van der Waals surface area contributed by atoms with Gasteiger partial charge in [-0.25, -0.2) is 4.98 Å². The van der Waals surface area contributed by atoms with Crippen molar-refractivity contribution in [3.05, 3.63) is 94.2 Å². The fourth-order valence-corrected chi connectivity index (χ4v) is 4.47. The van der Waals surface area contributed by atoms with Crippen LogP contribution < -0.4 is 5.56 Å². The second kappa shape index (κ2) is 5.54. The zero-order valence-corrected chi connectivity index (χ0v) is 15.4. The largest absolute Gasteiger partial charge is 0.268 e. The fourth-order valence-electron chi connectivity index (χ4n) is 4.21. The first-order valence-corrected chi connectivity index (χ1v) is 9.45. The molecule has 4 aromatic carbocycles. The highest BCUT2D eigenvalue weighted by atomic mass is 35.5. The average Bonchev–Trinajstić information content (AvgIpc) is 3.13. The van der Waals surface area contributed by atoms with Crippen molar-refractivity contribution in [2.45, 2.75) is 0 Å². The quantitative estimate of drug-likeness (QED) is 0.355. The van der Waals surface area contributed by atoms with E-state index >= 15 is 0 Å². The summed E-state index contributed by atoms with van der Waals surface area (Å²) in [7, 11) is 0. The number of imidazole rings is 1. The van der Waals surface area contributed by atoms with Crippen LogP contribution in [-0.2, 0) is 0 Å². The Morgan fingerprint density at radius 1 is 0.750 bits per heavy atom. The fraction of sp³-hybridized carbons (Fsp3) is 0. The number of nitrogens with zero attached hydrogens (tertiary/aromatic N) is 2. The van der Waals surface area contributed by atoms with Crippen molar-refractivity contribution >= 4 is 49.8 Å². The van der Waals surface area contributed by atoms with Gasteiger partial charge in [0.15, 0.2) is 0 Å². The van der Waals surface area contributed by atoms with Gasteiger partial charge >= 0.3 is 0 Å². The van der Waals surface area contributed by atoms with Gasteiger partial charge < -0.3 is 0 Å². The molecule has 0 unspecified atom stereocenters. The molecular weight excluding hydrogens is 368 g/mol. The maximum Gasteiger partial charge on any atom is 0.264 e. The van der Waals surface area contributed by atoms with Crippen LogP contribution in [0.1, 0.15) is 0 Å². The molecule has 0 aliphatic carbocycles. The predicted molar refractivity (Wildman–Crippen MR) is 116 cm³/mol. The smallest absolute Gasteiger partial charge is 0.264 e. The van der Waals surface area contributed by atoms with Crippen molar-refractivity contribution in [1.82, 2.24) is 9.38 Å². The summed E-state index contributed by atoms with van der Waals surface area (Å²) in [5.74, 6) is 0. The van der Waals surface area contributed by atoms with Crippen molar-refractivity contribution in [3.63, 3.8) is 0 Å². The molecule has 0 radical (unpaired) electrons. The lowest BCUT2D eigenvalue weighted by atomic mass is 9.94. The summed E-state index contributed by atoms with van der Waals surface area (Å²) in [5, 5.41) is 4.00. The van der Waals surface area contributed by atoms with Crippen LogP contribution in [0.3, 0.4) is 0 Å². The van der Waals surface area contributed by atoms with Gasteiger partial charge in [0.25, 0.3) is 5.56 Å². The summed E-state index contributed by atoms with van der Waals surface area (Å²) in [6.45, 7) is 0. The molecule has 0 saturated heterocycles. The second-order valence-corrected chi connectivity index (χ2v) is 7.34. The summed E-state index contributed by atoms with van der Waals surface area (Å²) in [6.07, 6.45) is 0. The van der Waals surface area contributed by atoms with E-state index in [4.69, 9.17) is 16.6 Å². The number of benzene rings is 4. The van der Waals surface area contributed by atoms with Crippen LogP contribution in [0.25, 0.3) is 49.4 Å². The Morgan fingerprint density at radius 2 is 1.50 bits per heavy atom. The summed E-state index contributed by atoms with van der Waals surface area (Å²) in [4.78, 5) is 18.2. The first-order chi connectivity index (χ1) is 13.7. The molecule has 4 heteroatoms. The zero-order chi connectivity index (χ0) is 18.8. The molecule has 0 saturated carbocycles. The van der Waals surface area contributed by atoms with Crippen LogP contribution in [0.15, 0.2) is 83.7 Å². The molecule has 0 aliphatic rings. The third-order valence-electron chi connectivity index (χ3n) is 5.43. The van der Waals surface area contributed by atoms with Crippen LogP contribution in [-0.4, -0.2) is 9.38 Å². The molecule has 6 aromatic rings. The van der Waals surface area contributed by atoms with Gasteiger partial charge in [0.2, 0.25) is 0 Å². The van der Waals surface area contributed by atoms with Gasteiger partial charge in [-0.3, -0.25) is 9.20 Å². The molecule has 0 amide bonds. The summed E-state index contributed by atoms with van der Waals surface area (Å²) in [6, 6.07) is 25.6. The van der Waals surface area contributed by atoms with Gasteiger partial charge in [-0.15, -0.1) is 0 Å². The van der Waals surface area contributed by atoms with Crippen molar-refractivity contribution < 1.29 is 0 Å². The average molecular weight is 381 g/mol. The first kappa shape index (κ1) is 15.6. The highest BCUT2D eigenvalue weighted by molar-refractivity contribution is 6.39. The maximum atomic E-state index is 13.4. The Hall–Kier alpha value is -3.43. The Kier molecular flexibility index (Phi) is 3.09. The van der Waals surface area contributed by atoms with Crippen molar-refractivity contribution in [3.8, 4) is 11.1 Å². The van der Waals surface area contributed by atoms with E-state index in [1.54, 1.807) is 4.40 Å². The molecule has 2 aromatic heterocycles. The van der Waals surface area contributed by atoms with Crippen LogP contribution >= 0.6 is 11.6 Å². The minimum absolute atomic E-state index is 0.0666. The third-order valence-corrected chi connectivity index (χ3v) is 5.74. The minimum Gasteiger partial charge on any atom is -0.268 e. The van der Waals surface area contributed by atoms with E-state index in [0.29, 0.717) is 16.1 Å². The molecule has 0 fully saturated rings.